The van der Waals surface area contributed by atoms with E-state index in [0.29, 0.717) is 12.2 Å². The molecule has 0 aliphatic carbocycles. The minimum Gasteiger partial charge on any atom is -0.546 e. The predicted molar refractivity (Wildman–Crippen MR) is 111 cm³/mol. The molecule has 0 N–H and O–H groups in total. The van der Waals surface area contributed by atoms with E-state index in [-0.39, 0.29) is 40.4 Å². The topological polar surface area (TPSA) is 49.4 Å². The minimum atomic E-state index is -1.12. The van der Waals surface area contributed by atoms with Gasteiger partial charge in [0, 0.05) is 5.56 Å². The third-order valence-corrected chi connectivity index (χ3v) is 6.11. The summed E-state index contributed by atoms with van der Waals surface area (Å²) in [6.07, 6.45) is 5.72. The number of benzene rings is 1. The van der Waals surface area contributed by atoms with Gasteiger partial charge >= 0.3 is 29.6 Å². The van der Waals surface area contributed by atoms with Crippen molar-refractivity contribution < 1.29 is 44.2 Å². The van der Waals surface area contributed by atoms with E-state index in [0.717, 1.165) is 44.1 Å². The number of aliphatic carboxylic acids is 1. The van der Waals surface area contributed by atoms with E-state index in [1.807, 2.05) is 6.07 Å². The van der Waals surface area contributed by atoms with Crippen molar-refractivity contribution in [2.24, 2.45) is 0 Å². The van der Waals surface area contributed by atoms with Gasteiger partial charge < -0.3 is 14.6 Å². The Balaban J connectivity index is 0.00000729. The zero-order valence-electron chi connectivity index (χ0n) is 19.5. The zero-order valence-corrected chi connectivity index (χ0v) is 21.5. The molecule has 0 aliphatic heterocycles. The molecule has 0 saturated heterocycles. The fraction of sp³-hybridized carbons (Fsp3) is 0.708. The van der Waals surface area contributed by atoms with Crippen LogP contribution in [0.15, 0.2) is 18.2 Å². The number of rotatable bonds is 12. The summed E-state index contributed by atoms with van der Waals surface area (Å²) in [5.41, 5.74) is 2.34. The molecule has 0 bridgehead atoms. The predicted octanol–water partition coefficient (Wildman–Crippen LogP) is 2.53. The molecule has 0 fully saturated rings. The first-order chi connectivity index (χ1) is 12.6. The Hall–Kier alpha value is -0.510. The average Bonchev–Trinajstić information content (AvgIpc) is 2.63. The summed E-state index contributed by atoms with van der Waals surface area (Å²) in [6, 6.07) is 6.25. The van der Waals surface area contributed by atoms with E-state index in [2.05, 4.69) is 60.6 Å². The van der Waals surface area contributed by atoms with E-state index in [9.17, 15) is 9.90 Å². The normalized spacial score (nSPS) is 13.0. The van der Waals surface area contributed by atoms with Crippen molar-refractivity contribution in [2.45, 2.75) is 110 Å². The van der Waals surface area contributed by atoms with Crippen molar-refractivity contribution in [3.8, 4) is 5.75 Å². The number of carboxylic acid groups (broad SMARTS) is 1. The Bertz CT molecular complexity index is 608. The number of hydrogen-bond acceptors (Lipinski definition) is 3. The second kappa shape index (κ2) is 12.2. The molecule has 0 spiro atoms. The maximum atomic E-state index is 11.6. The quantitative estimate of drug-likeness (QED) is 0.402. The van der Waals surface area contributed by atoms with Crippen LogP contribution in [-0.2, 0) is 15.6 Å². The number of ether oxygens (including phenoxy) is 1. The van der Waals surface area contributed by atoms with E-state index in [4.69, 9.17) is 4.74 Å². The van der Waals surface area contributed by atoms with Gasteiger partial charge in [0.05, 0.1) is 5.97 Å². The Morgan fingerprint density at radius 1 is 1.00 bits per heavy atom. The molecule has 0 heterocycles. The van der Waals surface area contributed by atoms with Crippen LogP contribution in [0.1, 0.15) is 105 Å². The van der Waals surface area contributed by atoms with Crippen LogP contribution in [0.3, 0.4) is 0 Å². The van der Waals surface area contributed by atoms with Crippen LogP contribution in [-0.4, -0.2) is 12.1 Å². The molecule has 4 heteroatoms. The number of carboxylic acids is 1. The SMILES string of the molecule is CCCCCCC(Oc1ccc(C(C)(C)CC)cc1C(C)(C)CC)C(=O)[O-].[Na+]. The maximum absolute atomic E-state index is 11.6. The number of carbonyl (C=O) groups excluding carboxylic acids is 1. The summed E-state index contributed by atoms with van der Waals surface area (Å²) in [6.45, 7) is 15.3. The summed E-state index contributed by atoms with van der Waals surface area (Å²) in [5, 5.41) is 11.6. The van der Waals surface area contributed by atoms with Crippen molar-refractivity contribution in [3.05, 3.63) is 29.3 Å². The molecule has 0 amide bonds. The molecule has 154 valence electrons. The van der Waals surface area contributed by atoms with Crippen LogP contribution in [0.2, 0.25) is 0 Å². The summed E-state index contributed by atoms with van der Waals surface area (Å²) in [5.74, 6) is -0.438. The molecule has 0 radical (unpaired) electrons. The first kappa shape index (κ1) is 27.5. The van der Waals surface area contributed by atoms with E-state index in [1.165, 1.54) is 5.56 Å². The van der Waals surface area contributed by atoms with Crippen LogP contribution in [0.25, 0.3) is 0 Å². The van der Waals surface area contributed by atoms with Crippen molar-refractivity contribution in [1.82, 2.24) is 0 Å². The number of carbonyl (C=O) groups is 1. The molecule has 0 saturated carbocycles. The first-order valence-electron chi connectivity index (χ1n) is 10.6. The second-order valence-electron chi connectivity index (χ2n) is 8.96. The van der Waals surface area contributed by atoms with Gasteiger partial charge in [0.2, 0.25) is 0 Å². The van der Waals surface area contributed by atoms with Crippen LogP contribution >= 0.6 is 0 Å². The van der Waals surface area contributed by atoms with Crippen molar-refractivity contribution in [2.75, 3.05) is 0 Å². The van der Waals surface area contributed by atoms with Gasteiger partial charge in [-0.2, -0.15) is 0 Å². The Morgan fingerprint density at radius 3 is 2.11 bits per heavy atom. The average molecular weight is 399 g/mol. The fourth-order valence-corrected chi connectivity index (χ4v) is 3.11. The Kier molecular flexibility index (Phi) is 12.0. The van der Waals surface area contributed by atoms with E-state index >= 15 is 0 Å². The molecule has 1 unspecified atom stereocenters. The van der Waals surface area contributed by atoms with Gasteiger partial charge in [-0.1, -0.05) is 79.9 Å². The second-order valence-corrected chi connectivity index (χ2v) is 8.96. The van der Waals surface area contributed by atoms with Gasteiger partial charge in [0.15, 0.2) is 0 Å². The summed E-state index contributed by atoms with van der Waals surface area (Å²) < 4.78 is 6.01. The van der Waals surface area contributed by atoms with Crippen molar-refractivity contribution in [3.63, 3.8) is 0 Å². The largest absolute Gasteiger partial charge is 1.00 e. The van der Waals surface area contributed by atoms with E-state index < -0.39 is 12.1 Å². The van der Waals surface area contributed by atoms with Gasteiger partial charge in [0.25, 0.3) is 0 Å². The van der Waals surface area contributed by atoms with Crippen LogP contribution in [0.5, 0.6) is 5.75 Å². The first-order valence-corrected chi connectivity index (χ1v) is 10.6. The van der Waals surface area contributed by atoms with Gasteiger partial charge in [-0.25, -0.2) is 0 Å². The minimum absolute atomic E-state index is 0. The molecule has 1 aromatic carbocycles. The molecular formula is C24H39NaO3. The molecule has 0 aromatic heterocycles. The van der Waals surface area contributed by atoms with Crippen molar-refractivity contribution in [1.29, 1.82) is 0 Å². The summed E-state index contributed by atoms with van der Waals surface area (Å²) in [4.78, 5) is 11.6. The Morgan fingerprint density at radius 2 is 1.61 bits per heavy atom. The third-order valence-electron chi connectivity index (χ3n) is 6.11. The van der Waals surface area contributed by atoms with Gasteiger partial charge in [-0.15, -0.1) is 0 Å². The number of hydrogen-bond donors (Lipinski definition) is 0. The van der Waals surface area contributed by atoms with Gasteiger partial charge in [-0.05, 0) is 48.1 Å². The molecular weight excluding hydrogens is 359 g/mol. The van der Waals surface area contributed by atoms with Gasteiger partial charge in [0.1, 0.15) is 11.9 Å². The maximum Gasteiger partial charge on any atom is 1.00 e. The fourth-order valence-electron chi connectivity index (χ4n) is 3.11. The monoisotopic (exact) mass is 398 g/mol. The van der Waals surface area contributed by atoms with Gasteiger partial charge in [-0.3, -0.25) is 0 Å². The van der Waals surface area contributed by atoms with Crippen LogP contribution < -0.4 is 39.4 Å². The zero-order chi connectivity index (χ0) is 20.7. The summed E-state index contributed by atoms with van der Waals surface area (Å²) >= 11 is 0. The Labute approximate surface area is 194 Å². The standard InChI is InChI=1S/C24H40O3.Na/c1-8-11-12-13-14-21(22(25)26)27-20-16-15-18(23(4,5)9-2)17-19(20)24(6,7)10-3;/h15-17,21H,8-14H2,1-7H3,(H,25,26);/q;+1/p-1. The molecule has 3 nitrogen and oxygen atoms in total. The van der Waals surface area contributed by atoms with E-state index in [1.54, 1.807) is 0 Å². The molecule has 28 heavy (non-hydrogen) atoms. The summed E-state index contributed by atoms with van der Waals surface area (Å²) in [7, 11) is 0. The molecule has 1 atom stereocenters. The van der Waals surface area contributed by atoms with Crippen LogP contribution in [0, 0.1) is 0 Å². The smallest absolute Gasteiger partial charge is 0.546 e. The third kappa shape index (κ3) is 7.72. The molecule has 1 rings (SSSR count). The molecule has 1 aromatic rings. The van der Waals surface area contributed by atoms with Crippen LogP contribution in [0.4, 0.5) is 0 Å². The molecule has 0 aliphatic rings. The number of unbranched alkanes of at least 4 members (excludes halogenated alkanes) is 3. The van der Waals surface area contributed by atoms with Crippen molar-refractivity contribution >= 4 is 5.97 Å².